The maximum Gasteiger partial charge on any atom is 0.115 e. The van der Waals surface area contributed by atoms with Crippen LogP contribution in [0.2, 0.25) is 0 Å². The van der Waals surface area contributed by atoms with Crippen molar-refractivity contribution in [3.63, 3.8) is 0 Å². The summed E-state index contributed by atoms with van der Waals surface area (Å²) in [5, 5.41) is 9.80. The Morgan fingerprint density at radius 1 is 0.905 bits per heavy atom. The number of unbranched alkanes of at least 4 members (excludes halogenated alkanes) is 6. The Morgan fingerprint density at radius 2 is 1.24 bits per heavy atom. The molecule has 0 aromatic carbocycles. The summed E-state index contributed by atoms with van der Waals surface area (Å²) in [4.78, 5) is 0. The average molecular weight is 330 g/mol. The van der Waals surface area contributed by atoms with Gasteiger partial charge in [-0.15, -0.1) is 0 Å². The SMILES string of the molecule is CCCCCCCCCC(C)(C)C(C)(N)O.[O-][Cl+3]([O-])([O-])O. The number of rotatable bonds is 9. The first-order chi connectivity index (χ1) is 9.31. The monoisotopic (exact) mass is 329 g/mol. The van der Waals surface area contributed by atoms with E-state index in [1.165, 1.54) is 44.9 Å². The molecule has 0 saturated heterocycles. The van der Waals surface area contributed by atoms with Gasteiger partial charge in [0, 0.05) is 5.41 Å². The molecule has 6 nitrogen and oxygen atoms in total. The highest BCUT2D eigenvalue weighted by Gasteiger charge is 2.34. The van der Waals surface area contributed by atoms with Crippen molar-refractivity contribution in [3.8, 4) is 0 Å². The van der Waals surface area contributed by atoms with Gasteiger partial charge >= 0.3 is 0 Å². The van der Waals surface area contributed by atoms with E-state index in [1.807, 2.05) is 13.8 Å². The maximum atomic E-state index is 9.80. The molecule has 0 aliphatic heterocycles. The van der Waals surface area contributed by atoms with Gasteiger partial charge in [-0.2, -0.15) is 14.0 Å². The second-order valence-corrected chi connectivity index (χ2v) is 7.09. The summed E-state index contributed by atoms with van der Waals surface area (Å²) in [5.74, 6) is 0. The second kappa shape index (κ2) is 10.7. The summed E-state index contributed by atoms with van der Waals surface area (Å²) < 4.78 is 32.7. The lowest BCUT2D eigenvalue weighted by molar-refractivity contribution is -1.92. The van der Waals surface area contributed by atoms with Crippen molar-refractivity contribution in [2.24, 2.45) is 11.1 Å². The van der Waals surface area contributed by atoms with Crippen LogP contribution in [0.5, 0.6) is 0 Å². The molecule has 0 fully saturated rings. The van der Waals surface area contributed by atoms with Crippen molar-refractivity contribution in [2.75, 3.05) is 0 Å². The summed E-state index contributed by atoms with van der Waals surface area (Å²) in [5.41, 5.74) is 4.50. The van der Waals surface area contributed by atoms with E-state index in [0.717, 1.165) is 6.42 Å². The number of nitrogens with two attached hydrogens (primary N) is 1. The van der Waals surface area contributed by atoms with E-state index in [9.17, 15) is 5.11 Å². The van der Waals surface area contributed by atoms with Gasteiger partial charge in [-0.25, -0.2) is 0 Å². The fourth-order valence-electron chi connectivity index (χ4n) is 1.78. The topological polar surface area (TPSA) is 136 Å². The van der Waals surface area contributed by atoms with Crippen molar-refractivity contribution in [3.05, 3.63) is 0 Å². The van der Waals surface area contributed by atoms with Crippen LogP contribution in [0.4, 0.5) is 0 Å². The fourth-order valence-corrected chi connectivity index (χ4v) is 1.78. The highest BCUT2D eigenvalue weighted by atomic mass is 35.7. The largest absolute Gasteiger partial charge is 0.376 e. The molecular formula is C14H32ClNO5. The van der Waals surface area contributed by atoms with E-state index in [1.54, 1.807) is 6.92 Å². The van der Waals surface area contributed by atoms with Gasteiger partial charge < -0.3 is 10.8 Å². The molecule has 0 amide bonds. The van der Waals surface area contributed by atoms with Crippen LogP contribution in [0.25, 0.3) is 0 Å². The first-order valence-electron chi connectivity index (χ1n) is 7.45. The zero-order valence-electron chi connectivity index (χ0n) is 13.7. The molecule has 0 heterocycles. The number of halogens is 1. The van der Waals surface area contributed by atoms with Crippen molar-refractivity contribution in [2.45, 2.75) is 84.8 Å². The van der Waals surface area contributed by atoms with Gasteiger partial charge in [-0.3, -0.25) is 0 Å². The van der Waals surface area contributed by atoms with Crippen LogP contribution < -0.4 is 19.7 Å². The fraction of sp³-hybridized carbons (Fsp3) is 1.00. The molecular weight excluding hydrogens is 298 g/mol. The molecule has 0 bridgehead atoms. The lowest BCUT2D eigenvalue weighted by atomic mass is 9.78. The zero-order chi connectivity index (χ0) is 17.2. The summed E-state index contributed by atoms with van der Waals surface area (Å²) in [6.45, 7) is 8.04. The third-order valence-corrected chi connectivity index (χ3v) is 3.78. The summed E-state index contributed by atoms with van der Waals surface area (Å²) in [6, 6.07) is 0. The minimum absolute atomic E-state index is 0.184. The molecule has 0 spiro atoms. The van der Waals surface area contributed by atoms with Crippen molar-refractivity contribution >= 4 is 0 Å². The van der Waals surface area contributed by atoms with Crippen LogP contribution in [0.3, 0.4) is 0 Å². The van der Waals surface area contributed by atoms with E-state index < -0.39 is 16.0 Å². The molecule has 0 radical (unpaired) electrons. The van der Waals surface area contributed by atoms with Crippen molar-refractivity contribution in [1.29, 1.82) is 0 Å². The van der Waals surface area contributed by atoms with Gasteiger partial charge in [0.05, 0.1) is 14.9 Å². The maximum absolute atomic E-state index is 9.80. The Balaban J connectivity index is 0. The van der Waals surface area contributed by atoms with Gasteiger partial charge in [0.15, 0.2) is 0 Å². The predicted molar refractivity (Wildman–Crippen MR) is 73.4 cm³/mol. The van der Waals surface area contributed by atoms with Gasteiger partial charge in [0.25, 0.3) is 0 Å². The molecule has 0 aromatic heterocycles. The normalized spacial score (nSPS) is 15.1. The first-order valence-corrected chi connectivity index (χ1v) is 8.72. The van der Waals surface area contributed by atoms with Gasteiger partial charge in [-0.05, 0) is 13.3 Å². The van der Waals surface area contributed by atoms with E-state index >= 15 is 0 Å². The minimum atomic E-state index is -4.69. The van der Waals surface area contributed by atoms with Crippen LogP contribution in [0, 0.1) is 15.7 Å². The van der Waals surface area contributed by atoms with Crippen molar-refractivity contribution in [1.82, 2.24) is 0 Å². The summed E-state index contributed by atoms with van der Waals surface area (Å²) in [6.07, 6.45) is 10.2. The number of hydrogen-bond acceptors (Lipinski definition) is 6. The molecule has 4 N–H and O–H groups in total. The summed E-state index contributed by atoms with van der Waals surface area (Å²) >= 11 is 0. The Kier molecular flexibility index (Phi) is 11.9. The molecule has 0 saturated carbocycles. The third-order valence-electron chi connectivity index (χ3n) is 3.78. The van der Waals surface area contributed by atoms with Crippen molar-refractivity contribution < 1.29 is 34.0 Å². The molecule has 0 rings (SSSR count). The van der Waals surface area contributed by atoms with Gasteiger partial charge in [0.1, 0.15) is 5.72 Å². The minimum Gasteiger partial charge on any atom is -0.376 e. The van der Waals surface area contributed by atoms with E-state index in [4.69, 9.17) is 24.4 Å². The zero-order valence-corrected chi connectivity index (χ0v) is 14.5. The van der Waals surface area contributed by atoms with Crippen LogP contribution in [0.15, 0.2) is 0 Å². The third kappa shape index (κ3) is 18.0. The van der Waals surface area contributed by atoms with Crippen LogP contribution in [0.1, 0.15) is 79.1 Å². The predicted octanol–water partition coefficient (Wildman–Crippen LogP) is -0.303. The molecule has 7 heteroatoms. The molecule has 130 valence electrons. The van der Waals surface area contributed by atoms with Crippen LogP contribution >= 0.6 is 0 Å². The Labute approximate surface area is 130 Å². The smallest absolute Gasteiger partial charge is 0.115 e. The van der Waals surface area contributed by atoms with E-state index in [2.05, 4.69) is 6.92 Å². The molecule has 0 aromatic rings. The summed E-state index contributed by atoms with van der Waals surface area (Å²) in [7, 11) is -4.69. The van der Waals surface area contributed by atoms with E-state index in [-0.39, 0.29) is 5.41 Å². The van der Waals surface area contributed by atoms with E-state index in [0.29, 0.717) is 0 Å². The Bertz CT molecular complexity index is 243. The standard InChI is InChI=1S/C14H31NO.ClHO4/c1-5-6-7-8-9-10-11-12-13(2,3)14(4,15)16;2-1(3,4)5/h16H,5-12,15H2,1-4H3;(H,2,3,4,5). The number of aliphatic hydroxyl groups is 1. The molecule has 21 heavy (non-hydrogen) atoms. The lowest BCUT2D eigenvalue weighted by Crippen LogP contribution is -2.58. The average Bonchev–Trinajstić information content (AvgIpc) is 2.24. The molecule has 1 atom stereocenters. The lowest BCUT2D eigenvalue weighted by Gasteiger charge is -2.37. The number of hydrogen-bond donors (Lipinski definition) is 3. The molecule has 0 aliphatic carbocycles. The molecule has 1 unspecified atom stereocenters. The van der Waals surface area contributed by atoms with Crippen LogP contribution in [-0.2, 0) is 0 Å². The molecule has 0 aliphatic rings. The van der Waals surface area contributed by atoms with Gasteiger partial charge in [0.2, 0.25) is 0 Å². The van der Waals surface area contributed by atoms with Crippen LogP contribution in [-0.4, -0.2) is 15.5 Å². The van der Waals surface area contributed by atoms with Gasteiger partial charge in [-0.1, -0.05) is 65.7 Å². The Hall–Kier alpha value is 0.0500. The highest BCUT2D eigenvalue weighted by Crippen LogP contribution is 2.32. The Morgan fingerprint density at radius 3 is 1.57 bits per heavy atom. The second-order valence-electron chi connectivity index (χ2n) is 6.30. The quantitative estimate of drug-likeness (QED) is 0.392. The first kappa shape index (κ1) is 23.3. The highest BCUT2D eigenvalue weighted by molar-refractivity contribution is 4.84.